The molecule has 27 heavy (non-hydrogen) atoms. The number of carbonyl (C=O) groups is 4. The zero-order valence-electron chi connectivity index (χ0n) is 14.7. The summed E-state index contributed by atoms with van der Waals surface area (Å²) in [5, 5.41) is 10.9. The second-order valence-corrected chi connectivity index (χ2v) is 6.88. The van der Waals surface area contributed by atoms with Crippen molar-refractivity contribution < 1.29 is 42.0 Å². The molecule has 2 N–H and O–H groups in total. The third-order valence-corrected chi connectivity index (χ3v) is 3.84. The molecule has 2 amide bonds. The lowest BCUT2D eigenvalue weighted by molar-refractivity contribution is -0.143. The zero-order chi connectivity index (χ0) is 20.9. The van der Waals surface area contributed by atoms with Gasteiger partial charge in [0.05, 0.1) is 28.7 Å². The minimum Gasteiger partial charge on any atom is -0.748 e. The lowest BCUT2D eigenvalue weighted by Crippen LogP contribution is -2.36. The number of aliphatic carboxylic acids is 1. The Morgan fingerprint density at radius 3 is 2.30 bits per heavy atom. The lowest BCUT2D eigenvalue weighted by atomic mass is 10.2. The highest BCUT2D eigenvalue weighted by Crippen LogP contribution is 2.03. The molecular weight excluding hydrogens is 384 g/mol. The van der Waals surface area contributed by atoms with Crippen LogP contribution in [0.3, 0.4) is 0 Å². The van der Waals surface area contributed by atoms with Crippen LogP contribution < -0.4 is 5.32 Å². The Hall–Kier alpha value is -2.47. The van der Waals surface area contributed by atoms with E-state index in [0.717, 1.165) is 4.90 Å². The smallest absolute Gasteiger partial charge is 0.307 e. The number of esters is 1. The van der Waals surface area contributed by atoms with Crippen LogP contribution in [0.2, 0.25) is 0 Å². The molecule has 154 valence electrons. The molecule has 0 rings (SSSR count). The van der Waals surface area contributed by atoms with E-state index in [1.54, 1.807) is 0 Å². The number of carboxylic acid groups (broad SMARTS) is 1. The van der Waals surface area contributed by atoms with Gasteiger partial charge >= 0.3 is 11.9 Å². The molecule has 0 aliphatic heterocycles. The van der Waals surface area contributed by atoms with Crippen LogP contribution in [0.4, 0.5) is 0 Å². The van der Waals surface area contributed by atoms with Gasteiger partial charge in [0.1, 0.15) is 6.61 Å². The van der Waals surface area contributed by atoms with Crippen LogP contribution in [-0.2, 0) is 34.0 Å². The SMILES string of the molecule is C=CCOC(=O)CCN(CCC(=O)O)C(=O)CCC(=O)NCCS(=O)(=O)[O-]. The normalized spacial score (nSPS) is 10.7. The number of carboxylic acids is 1. The highest BCUT2D eigenvalue weighted by molar-refractivity contribution is 7.85. The summed E-state index contributed by atoms with van der Waals surface area (Å²) in [5.41, 5.74) is 0. The van der Waals surface area contributed by atoms with Gasteiger partial charge < -0.3 is 24.6 Å². The minimum atomic E-state index is -4.45. The average molecular weight is 407 g/mol. The Labute approximate surface area is 157 Å². The molecule has 0 atom stereocenters. The van der Waals surface area contributed by atoms with Crippen LogP contribution in [0, 0.1) is 0 Å². The van der Waals surface area contributed by atoms with Gasteiger partial charge in [0, 0.05) is 32.5 Å². The number of hydrogen-bond acceptors (Lipinski definition) is 8. The first-order valence-corrected chi connectivity index (χ1v) is 9.59. The Balaban J connectivity index is 4.47. The van der Waals surface area contributed by atoms with Crippen molar-refractivity contribution >= 4 is 33.9 Å². The molecule has 0 aromatic carbocycles. The number of rotatable bonds is 14. The molecule has 11 nitrogen and oxygen atoms in total. The summed E-state index contributed by atoms with van der Waals surface area (Å²) in [6.07, 6.45) is 0.356. The van der Waals surface area contributed by atoms with E-state index in [1.807, 2.05) is 0 Å². The molecular formula is C15H23N2O9S-. The van der Waals surface area contributed by atoms with Crippen molar-refractivity contribution in [3.05, 3.63) is 12.7 Å². The fourth-order valence-electron chi connectivity index (χ4n) is 1.82. The van der Waals surface area contributed by atoms with Crippen molar-refractivity contribution in [2.75, 3.05) is 32.0 Å². The van der Waals surface area contributed by atoms with E-state index in [1.165, 1.54) is 6.08 Å². The van der Waals surface area contributed by atoms with Crippen molar-refractivity contribution in [1.29, 1.82) is 0 Å². The Bertz CT molecular complexity index is 646. The average Bonchev–Trinajstić information content (AvgIpc) is 2.56. The topological polar surface area (TPSA) is 170 Å². The van der Waals surface area contributed by atoms with Gasteiger partial charge in [-0.05, 0) is 0 Å². The van der Waals surface area contributed by atoms with Crippen molar-refractivity contribution in [3.8, 4) is 0 Å². The predicted octanol–water partition coefficient (Wildman–Crippen LogP) is -1.15. The van der Waals surface area contributed by atoms with Crippen LogP contribution in [0.15, 0.2) is 12.7 Å². The van der Waals surface area contributed by atoms with Crippen molar-refractivity contribution in [3.63, 3.8) is 0 Å². The summed E-state index contributed by atoms with van der Waals surface area (Å²) in [6, 6.07) is 0. The molecule has 0 aromatic rings. The molecule has 0 bridgehead atoms. The Kier molecular flexibility index (Phi) is 11.6. The van der Waals surface area contributed by atoms with Crippen LogP contribution in [0.25, 0.3) is 0 Å². The number of nitrogens with zero attached hydrogens (tertiary/aromatic N) is 1. The summed E-state index contributed by atoms with van der Waals surface area (Å²) in [5.74, 6) is -3.64. The summed E-state index contributed by atoms with van der Waals surface area (Å²) in [4.78, 5) is 47.0. The number of amides is 2. The molecule has 0 radical (unpaired) electrons. The van der Waals surface area contributed by atoms with Gasteiger partial charge in [-0.15, -0.1) is 0 Å². The van der Waals surface area contributed by atoms with E-state index in [4.69, 9.17) is 9.84 Å². The standard InChI is InChI=1S/C15H24N2O9S/c1-2-10-26-15(22)6-9-17(8-5-14(20)21)13(19)4-3-12(18)16-7-11-27(23,24)25/h2H,1,3-11H2,(H,16,18)(H,20,21)(H,23,24,25)/p-1. The maximum Gasteiger partial charge on any atom is 0.307 e. The fraction of sp³-hybridized carbons (Fsp3) is 0.600. The first-order valence-electron chi connectivity index (χ1n) is 8.01. The molecule has 12 heteroatoms. The van der Waals surface area contributed by atoms with E-state index in [-0.39, 0.29) is 51.9 Å². The second kappa shape index (κ2) is 12.8. The highest BCUT2D eigenvalue weighted by Gasteiger charge is 2.17. The first-order chi connectivity index (χ1) is 12.5. The molecule has 0 aliphatic rings. The van der Waals surface area contributed by atoms with Crippen molar-refractivity contribution in [1.82, 2.24) is 10.2 Å². The number of nitrogens with one attached hydrogen (secondary N) is 1. The van der Waals surface area contributed by atoms with Crippen molar-refractivity contribution in [2.24, 2.45) is 0 Å². The Morgan fingerprint density at radius 2 is 1.74 bits per heavy atom. The number of hydrogen-bond donors (Lipinski definition) is 2. The van der Waals surface area contributed by atoms with E-state index in [9.17, 15) is 32.1 Å². The molecule has 0 heterocycles. The third-order valence-electron chi connectivity index (χ3n) is 3.14. The predicted molar refractivity (Wildman–Crippen MR) is 91.4 cm³/mol. The molecule has 0 fully saturated rings. The van der Waals surface area contributed by atoms with E-state index >= 15 is 0 Å². The van der Waals surface area contributed by atoms with Gasteiger partial charge in [0.2, 0.25) is 11.8 Å². The number of ether oxygens (including phenoxy) is 1. The second-order valence-electron chi connectivity index (χ2n) is 5.36. The van der Waals surface area contributed by atoms with Gasteiger partial charge in [-0.25, -0.2) is 8.42 Å². The van der Waals surface area contributed by atoms with E-state index < -0.39 is 39.6 Å². The summed E-state index contributed by atoms with van der Waals surface area (Å²) in [7, 11) is -4.45. The quantitative estimate of drug-likeness (QED) is 0.205. The maximum absolute atomic E-state index is 12.2. The van der Waals surface area contributed by atoms with Crippen molar-refractivity contribution in [2.45, 2.75) is 25.7 Å². The Morgan fingerprint density at radius 1 is 1.11 bits per heavy atom. The molecule has 0 saturated heterocycles. The lowest BCUT2D eigenvalue weighted by Gasteiger charge is -2.21. The van der Waals surface area contributed by atoms with Gasteiger partial charge in [0.25, 0.3) is 0 Å². The van der Waals surface area contributed by atoms with Crippen LogP contribution in [0.1, 0.15) is 25.7 Å². The number of carbonyl (C=O) groups excluding carboxylic acids is 3. The molecule has 0 aliphatic carbocycles. The van der Waals surface area contributed by atoms with Gasteiger partial charge in [-0.2, -0.15) is 0 Å². The summed E-state index contributed by atoms with van der Waals surface area (Å²) < 4.78 is 36.1. The summed E-state index contributed by atoms with van der Waals surface area (Å²) in [6.45, 7) is 2.82. The van der Waals surface area contributed by atoms with Gasteiger partial charge in [-0.3, -0.25) is 19.2 Å². The molecule has 0 saturated carbocycles. The van der Waals surface area contributed by atoms with Crippen LogP contribution in [-0.4, -0.2) is 78.7 Å². The maximum atomic E-state index is 12.2. The third kappa shape index (κ3) is 14.4. The van der Waals surface area contributed by atoms with Crippen LogP contribution in [0.5, 0.6) is 0 Å². The highest BCUT2D eigenvalue weighted by atomic mass is 32.2. The molecule has 0 aromatic heterocycles. The van der Waals surface area contributed by atoms with Gasteiger partial charge in [0.15, 0.2) is 0 Å². The minimum absolute atomic E-state index is 0.0150. The zero-order valence-corrected chi connectivity index (χ0v) is 15.5. The van der Waals surface area contributed by atoms with E-state index in [0.29, 0.717) is 0 Å². The largest absolute Gasteiger partial charge is 0.748 e. The summed E-state index contributed by atoms with van der Waals surface area (Å²) >= 11 is 0. The van der Waals surface area contributed by atoms with Gasteiger partial charge in [-0.1, -0.05) is 12.7 Å². The first kappa shape index (κ1) is 24.5. The van der Waals surface area contributed by atoms with Crippen LogP contribution >= 0.6 is 0 Å². The fourth-order valence-corrected chi connectivity index (χ4v) is 2.18. The molecule has 0 spiro atoms. The van der Waals surface area contributed by atoms with E-state index in [2.05, 4.69) is 11.9 Å². The molecule has 0 unspecified atom stereocenters. The monoisotopic (exact) mass is 407 g/mol.